The number of ether oxygens (including phenoxy) is 2. The molecule has 0 aromatic carbocycles. The molecule has 0 aliphatic heterocycles. The molecule has 0 rings (SSSR count). The van der Waals surface area contributed by atoms with Gasteiger partial charge >= 0.3 is 0 Å². The summed E-state index contributed by atoms with van der Waals surface area (Å²) in [6, 6.07) is 0. The maximum Gasteiger partial charge on any atom is 0.208 e. The summed E-state index contributed by atoms with van der Waals surface area (Å²) >= 11 is 0. The van der Waals surface area contributed by atoms with E-state index >= 15 is 0 Å². The molecule has 2 unspecified atom stereocenters. The van der Waals surface area contributed by atoms with Crippen LogP contribution in [-0.4, -0.2) is 70.1 Å². The molecule has 104 valence electrons. The van der Waals surface area contributed by atoms with Crippen molar-refractivity contribution < 1.29 is 28.1 Å². The Morgan fingerprint density at radius 2 is 2.00 bits per heavy atom. The fourth-order valence-electron chi connectivity index (χ4n) is 1.03. The van der Waals surface area contributed by atoms with Gasteiger partial charge in [-0.15, -0.1) is 0 Å². The molecule has 0 fully saturated rings. The molecule has 0 aromatic rings. The highest BCUT2D eigenvalue weighted by atomic mass is 32.2. The lowest BCUT2D eigenvalue weighted by Gasteiger charge is -2.18. The van der Waals surface area contributed by atoms with Crippen LogP contribution in [0.15, 0.2) is 0 Å². The Bertz CT molecular complexity index is 281. The minimum atomic E-state index is -3.26. The SMILES string of the molecule is CCOC(CNS(C)(=O)=O)COCC(O)CO. The number of sulfonamides is 1. The van der Waals surface area contributed by atoms with Gasteiger partial charge in [0.1, 0.15) is 6.10 Å². The van der Waals surface area contributed by atoms with Gasteiger partial charge in [-0.3, -0.25) is 0 Å². The second-order valence-electron chi connectivity index (χ2n) is 3.57. The third kappa shape index (κ3) is 10.6. The number of aliphatic hydroxyl groups excluding tert-OH is 2. The van der Waals surface area contributed by atoms with Gasteiger partial charge in [-0.1, -0.05) is 0 Å². The molecule has 0 saturated heterocycles. The summed E-state index contributed by atoms with van der Waals surface area (Å²) in [6.07, 6.45) is -0.285. The van der Waals surface area contributed by atoms with Crippen molar-refractivity contribution in [3.8, 4) is 0 Å². The van der Waals surface area contributed by atoms with Crippen LogP contribution in [0.1, 0.15) is 6.92 Å². The van der Waals surface area contributed by atoms with Gasteiger partial charge in [0.05, 0.1) is 32.2 Å². The number of nitrogens with one attached hydrogen (secondary N) is 1. The zero-order valence-corrected chi connectivity index (χ0v) is 10.9. The molecular weight excluding hydrogens is 250 g/mol. The largest absolute Gasteiger partial charge is 0.394 e. The molecule has 0 aliphatic carbocycles. The van der Waals surface area contributed by atoms with E-state index in [0.717, 1.165) is 6.26 Å². The normalized spacial score (nSPS) is 15.8. The van der Waals surface area contributed by atoms with E-state index in [1.54, 1.807) is 6.92 Å². The highest BCUT2D eigenvalue weighted by Crippen LogP contribution is 1.95. The first-order valence-corrected chi connectivity index (χ1v) is 7.21. The van der Waals surface area contributed by atoms with Crippen LogP contribution >= 0.6 is 0 Å². The number of hydrogen-bond acceptors (Lipinski definition) is 6. The monoisotopic (exact) mass is 271 g/mol. The molecule has 0 saturated carbocycles. The second kappa shape index (κ2) is 8.78. The van der Waals surface area contributed by atoms with Crippen molar-refractivity contribution in [2.24, 2.45) is 0 Å². The zero-order valence-electron chi connectivity index (χ0n) is 10.1. The molecule has 3 N–H and O–H groups in total. The molecule has 0 heterocycles. The van der Waals surface area contributed by atoms with Crippen molar-refractivity contribution in [2.45, 2.75) is 19.1 Å². The summed E-state index contributed by atoms with van der Waals surface area (Å²) in [5, 5.41) is 17.6. The average Bonchev–Trinajstić information content (AvgIpc) is 2.24. The highest BCUT2D eigenvalue weighted by molar-refractivity contribution is 7.88. The minimum Gasteiger partial charge on any atom is -0.394 e. The predicted molar refractivity (Wildman–Crippen MR) is 62.2 cm³/mol. The Morgan fingerprint density at radius 1 is 1.35 bits per heavy atom. The highest BCUT2D eigenvalue weighted by Gasteiger charge is 2.12. The predicted octanol–water partition coefficient (Wildman–Crippen LogP) is -1.69. The summed E-state index contributed by atoms with van der Waals surface area (Å²) in [7, 11) is -3.26. The van der Waals surface area contributed by atoms with E-state index in [1.165, 1.54) is 0 Å². The Kier molecular flexibility index (Phi) is 8.66. The van der Waals surface area contributed by atoms with Crippen molar-refractivity contribution in [2.75, 3.05) is 39.2 Å². The van der Waals surface area contributed by atoms with E-state index in [4.69, 9.17) is 19.7 Å². The van der Waals surface area contributed by atoms with Crippen LogP contribution in [0, 0.1) is 0 Å². The first-order chi connectivity index (χ1) is 7.89. The second-order valence-corrected chi connectivity index (χ2v) is 5.40. The molecule has 0 aromatic heterocycles. The van der Waals surface area contributed by atoms with Crippen molar-refractivity contribution >= 4 is 10.0 Å². The minimum absolute atomic E-state index is 0.0149. The summed E-state index contributed by atoms with van der Waals surface area (Å²) in [5.74, 6) is 0. The Morgan fingerprint density at radius 3 is 2.47 bits per heavy atom. The van der Waals surface area contributed by atoms with Crippen LogP contribution in [-0.2, 0) is 19.5 Å². The third-order valence-corrected chi connectivity index (χ3v) is 2.49. The van der Waals surface area contributed by atoms with Crippen LogP contribution in [0.5, 0.6) is 0 Å². The van der Waals surface area contributed by atoms with E-state index in [9.17, 15) is 8.42 Å². The number of hydrogen-bond donors (Lipinski definition) is 3. The molecule has 0 spiro atoms. The molecule has 0 aliphatic rings. The van der Waals surface area contributed by atoms with Crippen LogP contribution < -0.4 is 4.72 Å². The lowest BCUT2D eigenvalue weighted by atomic mass is 10.3. The molecule has 8 heteroatoms. The Balaban J connectivity index is 3.90. The van der Waals surface area contributed by atoms with Crippen molar-refractivity contribution in [3.63, 3.8) is 0 Å². The van der Waals surface area contributed by atoms with Crippen LogP contribution in [0.4, 0.5) is 0 Å². The van der Waals surface area contributed by atoms with Crippen molar-refractivity contribution in [3.05, 3.63) is 0 Å². The summed E-state index contributed by atoms with van der Waals surface area (Å²) < 4.78 is 34.4. The van der Waals surface area contributed by atoms with E-state index in [-0.39, 0.29) is 26.4 Å². The fourth-order valence-corrected chi connectivity index (χ4v) is 1.52. The zero-order chi connectivity index (χ0) is 13.3. The van der Waals surface area contributed by atoms with Gasteiger partial charge in [-0.25, -0.2) is 13.1 Å². The lowest BCUT2D eigenvalue weighted by molar-refractivity contribution is -0.0433. The van der Waals surface area contributed by atoms with Gasteiger partial charge in [-0.2, -0.15) is 0 Å². The van der Waals surface area contributed by atoms with E-state index < -0.39 is 22.2 Å². The summed E-state index contributed by atoms with van der Waals surface area (Å²) in [5.41, 5.74) is 0. The van der Waals surface area contributed by atoms with Crippen LogP contribution in [0.3, 0.4) is 0 Å². The molecule has 7 nitrogen and oxygen atoms in total. The van der Waals surface area contributed by atoms with Gasteiger partial charge in [0.2, 0.25) is 10.0 Å². The molecule has 0 bridgehead atoms. The van der Waals surface area contributed by atoms with Gasteiger partial charge < -0.3 is 19.7 Å². The van der Waals surface area contributed by atoms with Gasteiger partial charge in [0.15, 0.2) is 0 Å². The van der Waals surface area contributed by atoms with Crippen LogP contribution in [0.25, 0.3) is 0 Å². The lowest BCUT2D eigenvalue weighted by Crippen LogP contribution is -2.36. The fraction of sp³-hybridized carbons (Fsp3) is 1.00. The Labute approximate surface area is 102 Å². The standard InChI is InChI=1S/C9H21NO6S/c1-3-16-9(4-10-17(2,13)14)7-15-6-8(12)5-11/h8-12H,3-7H2,1-2H3. The molecule has 0 radical (unpaired) electrons. The number of aliphatic hydroxyl groups is 2. The van der Waals surface area contributed by atoms with Gasteiger partial charge in [-0.05, 0) is 6.92 Å². The summed E-state index contributed by atoms with van der Waals surface area (Å²) in [4.78, 5) is 0. The van der Waals surface area contributed by atoms with Crippen molar-refractivity contribution in [1.82, 2.24) is 4.72 Å². The average molecular weight is 271 g/mol. The van der Waals surface area contributed by atoms with Gasteiger partial charge in [0, 0.05) is 13.2 Å². The topological polar surface area (TPSA) is 105 Å². The molecule has 0 amide bonds. The third-order valence-electron chi connectivity index (χ3n) is 1.80. The van der Waals surface area contributed by atoms with E-state index in [2.05, 4.69) is 4.72 Å². The molecule has 2 atom stereocenters. The van der Waals surface area contributed by atoms with E-state index in [1.807, 2.05) is 0 Å². The van der Waals surface area contributed by atoms with Crippen molar-refractivity contribution in [1.29, 1.82) is 0 Å². The quantitative estimate of drug-likeness (QED) is 0.438. The maximum atomic E-state index is 10.9. The van der Waals surface area contributed by atoms with E-state index in [0.29, 0.717) is 6.61 Å². The Hall–Kier alpha value is -0.250. The molecular formula is C9H21NO6S. The first kappa shape index (κ1) is 16.8. The summed E-state index contributed by atoms with van der Waals surface area (Å²) in [6.45, 7) is 2.09. The van der Waals surface area contributed by atoms with Crippen LogP contribution in [0.2, 0.25) is 0 Å². The maximum absolute atomic E-state index is 10.9. The number of rotatable bonds is 10. The molecule has 17 heavy (non-hydrogen) atoms. The first-order valence-electron chi connectivity index (χ1n) is 5.32. The smallest absolute Gasteiger partial charge is 0.208 e. The van der Waals surface area contributed by atoms with Gasteiger partial charge in [0.25, 0.3) is 0 Å².